The third kappa shape index (κ3) is 3.39. The third-order valence-corrected chi connectivity index (χ3v) is 3.91. The van der Waals surface area contributed by atoms with Crippen molar-refractivity contribution in [2.24, 2.45) is 5.92 Å². The fraction of sp³-hybridized carbons (Fsp3) is 0.235. The molecule has 1 heterocycles. The Labute approximate surface area is 133 Å². The van der Waals surface area contributed by atoms with Gasteiger partial charge in [-0.2, -0.15) is 0 Å². The zero-order valence-electron chi connectivity index (χ0n) is 11.8. The number of nitrogens with one attached hydrogen (secondary N) is 1. The fourth-order valence-electron chi connectivity index (χ4n) is 2.47. The van der Waals surface area contributed by atoms with Crippen LogP contribution in [0.25, 0.3) is 0 Å². The molecule has 0 radical (unpaired) electrons. The van der Waals surface area contributed by atoms with E-state index in [1.54, 1.807) is 18.2 Å². The van der Waals surface area contributed by atoms with E-state index in [0.29, 0.717) is 24.6 Å². The van der Waals surface area contributed by atoms with Crippen molar-refractivity contribution in [3.63, 3.8) is 0 Å². The van der Waals surface area contributed by atoms with Gasteiger partial charge in [0.2, 0.25) is 5.91 Å². The van der Waals surface area contributed by atoms with Gasteiger partial charge in [-0.05, 0) is 47.9 Å². The molecule has 0 spiro atoms. The van der Waals surface area contributed by atoms with Gasteiger partial charge in [-0.1, -0.05) is 23.7 Å². The quantitative estimate of drug-likeness (QED) is 0.942. The zero-order chi connectivity index (χ0) is 15.5. The normalized spacial score (nSPS) is 16.5. The van der Waals surface area contributed by atoms with Gasteiger partial charge in [0.05, 0.1) is 5.92 Å². The summed E-state index contributed by atoms with van der Waals surface area (Å²) in [6.45, 7) is 0.724. The zero-order valence-corrected chi connectivity index (χ0v) is 12.6. The summed E-state index contributed by atoms with van der Waals surface area (Å²) >= 11 is 5.97. The highest BCUT2D eigenvalue weighted by Gasteiger charge is 2.25. The Morgan fingerprint density at radius 1 is 1.27 bits per heavy atom. The van der Waals surface area contributed by atoms with E-state index < -0.39 is 0 Å². The first-order valence-electron chi connectivity index (χ1n) is 7.05. The van der Waals surface area contributed by atoms with Gasteiger partial charge in [0.1, 0.15) is 18.2 Å². The van der Waals surface area contributed by atoms with Crippen LogP contribution < -0.4 is 10.1 Å². The van der Waals surface area contributed by atoms with Crippen molar-refractivity contribution in [2.75, 3.05) is 6.61 Å². The molecule has 0 aliphatic carbocycles. The lowest BCUT2D eigenvalue weighted by Crippen LogP contribution is -2.37. The van der Waals surface area contributed by atoms with Crippen molar-refractivity contribution in [1.82, 2.24) is 5.32 Å². The van der Waals surface area contributed by atoms with Crippen molar-refractivity contribution in [1.29, 1.82) is 0 Å². The molecule has 0 aromatic heterocycles. The number of ether oxygens (including phenoxy) is 1. The summed E-state index contributed by atoms with van der Waals surface area (Å²) in [5.74, 6) is 0.178. The maximum Gasteiger partial charge on any atom is 0.227 e. The monoisotopic (exact) mass is 319 g/mol. The molecular weight excluding hydrogens is 305 g/mol. The standard InChI is InChI=1S/C17H15ClFNO2/c18-14-3-6-16-12(8-14)7-13(10-22-16)17(21)20-9-11-1-4-15(19)5-2-11/h1-6,8,13H,7,9-10H2,(H,20,21)/t13-/m0/s1. The van der Waals surface area contributed by atoms with Gasteiger partial charge >= 0.3 is 0 Å². The lowest BCUT2D eigenvalue weighted by atomic mass is 9.96. The molecule has 0 fully saturated rings. The number of hydrogen-bond donors (Lipinski definition) is 1. The summed E-state index contributed by atoms with van der Waals surface area (Å²) in [6.07, 6.45) is 0.602. The van der Waals surface area contributed by atoms with E-state index in [2.05, 4.69) is 5.32 Å². The van der Waals surface area contributed by atoms with Crippen molar-refractivity contribution in [3.05, 3.63) is 64.4 Å². The predicted octanol–water partition coefficient (Wildman–Crippen LogP) is 3.35. The SMILES string of the molecule is O=C(NCc1ccc(F)cc1)[C@@H]1COc2ccc(Cl)cc2C1. The molecule has 1 aliphatic rings. The highest BCUT2D eigenvalue weighted by molar-refractivity contribution is 6.30. The number of amides is 1. The molecule has 1 aliphatic heterocycles. The van der Waals surface area contributed by atoms with E-state index in [0.717, 1.165) is 16.9 Å². The fourth-order valence-corrected chi connectivity index (χ4v) is 2.66. The molecule has 3 rings (SSSR count). The summed E-state index contributed by atoms with van der Waals surface area (Å²) < 4.78 is 18.4. The van der Waals surface area contributed by atoms with E-state index >= 15 is 0 Å². The molecule has 5 heteroatoms. The molecule has 114 valence electrons. The number of carbonyl (C=O) groups excluding carboxylic acids is 1. The summed E-state index contributed by atoms with van der Waals surface area (Å²) in [5.41, 5.74) is 1.80. The van der Waals surface area contributed by atoms with Crippen molar-refractivity contribution >= 4 is 17.5 Å². The first-order valence-corrected chi connectivity index (χ1v) is 7.43. The summed E-state index contributed by atoms with van der Waals surface area (Å²) in [4.78, 5) is 12.2. The summed E-state index contributed by atoms with van der Waals surface area (Å²) in [7, 11) is 0. The molecule has 0 unspecified atom stereocenters. The van der Waals surface area contributed by atoms with E-state index in [1.165, 1.54) is 12.1 Å². The minimum Gasteiger partial charge on any atom is -0.492 e. The molecule has 2 aromatic carbocycles. The van der Waals surface area contributed by atoms with E-state index in [1.807, 2.05) is 12.1 Å². The van der Waals surface area contributed by atoms with Gasteiger partial charge in [-0.25, -0.2) is 4.39 Å². The third-order valence-electron chi connectivity index (χ3n) is 3.68. The number of hydrogen-bond acceptors (Lipinski definition) is 2. The van der Waals surface area contributed by atoms with E-state index in [4.69, 9.17) is 16.3 Å². The maximum atomic E-state index is 12.8. The van der Waals surface area contributed by atoms with Crippen molar-refractivity contribution < 1.29 is 13.9 Å². The number of halogens is 2. The Balaban J connectivity index is 1.60. The van der Waals surface area contributed by atoms with Gasteiger partial charge in [0, 0.05) is 11.6 Å². The predicted molar refractivity (Wildman–Crippen MR) is 82.4 cm³/mol. The average Bonchev–Trinajstić information content (AvgIpc) is 2.53. The van der Waals surface area contributed by atoms with Crippen LogP contribution in [0.2, 0.25) is 5.02 Å². The molecule has 0 saturated heterocycles. The summed E-state index contributed by atoms with van der Waals surface area (Å²) in [5, 5.41) is 3.49. The first kappa shape index (κ1) is 14.9. The van der Waals surface area contributed by atoms with Crippen LogP contribution in [0, 0.1) is 11.7 Å². The maximum absolute atomic E-state index is 12.8. The van der Waals surface area contributed by atoms with Crippen molar-refractivity contribution in [3.8, 4) is 5.75 Å². The molecule has 3 nitrogen and oxygen atoms in total. The smallest absolute Gasteiger partial charge is 0.227 e. The second kappa shape index (κ2) is 6.36. The number of carbonyl (C=O) groups is 1. The molecule has 0 bridgehead atoms. The first-order chi connectivity index (χ1) is 10.6. The van der Waals surface area contributed by atoms with Crippen LogP contribution in [0.4, 0.5) is 4.39 Å². The molecular formula is C17H15ClFNO2. The molecule has 1 N–H and O–H groups in total. The largest absolute Gasteiger partial charge is 0.492 e. The van der Waals surface area contributed by atoms with E-state index in [-0.39, 0.29) is 17.6 Å². The number of rotatable bonds is 3. The van der Waals surface area contributed by atoms with Crippen LogP contribution in [-0.4, -0.2) is 12.5 Å². The van der Waals surface area contributed by atoms with Crippen LogP contribution >= 0.6 is 11.6 Å². The average molecular weight is 320 g/mol. The molecule has 22 heavy (non-hydrogen) atoms. The molecule has 2 aromatic rings. The lowest BCUT2D eigenvalue weighted by molar-refractivity contribution is -0.126. The highest BCUT2D eigenvalue weighted by Crippen LogP contribution is 2.29. The highest BCUT2D eigenvalue weighted by atomic mass is 35.5. The molecule has 1 atom stereocenters. The lowest BCUT2D eigenvalue weighted by Gasteiger charge is -2.24. The minimum atomic E-state index is -0.288. The Morgan fingerprint density at radius 2 is 2.05 bits per heavy atom. The Kier molecular flexibility index (Phi) is 4.29. The van der Waals surface area contributed by atoms with Crippen LogP contribution in [0.15, 0.2) is 42.5 Å². The van der Waals surface area contributed by atoms with Crippen molar-refractivity contribution in [2.45, 2.75) is 13.0 Å². The summed E-state index contributed by atoms with van der Waals surface area (Å²) in [6, 6.07) is 11.5. The van der Waals surface area contributed by atoms with Gasteiger partial charge in [0.15, 0.2) is 0 Å². The second-order valence-corrected chi connectivity index (χ2v) is 5.74. The van der Waals surface area contributed by atoms with Crippen LogP contribution in [0.5, 0.6) is 5.75 Å². The van der Waals surface area contributed by atoms with Gasteiger partial charge in [-0.15, -0.1) is 0 Å². The number of benzene rings is 2. The Hall–Kier alpha value is -2.07. The van der Waals surface area contributed by atoms with Crippen LogP contribution in [0.3, 0.4) is 0 Å². The Bertz CT molecular complexity index is 688. The topological polar surface area (TPSA) is 38.3 Å². The second-order valence-electron chi connectivity index (χ2n) is 5.31. The minimum absolute atomic E-state index is 0.0741. The van der Waals surface area contributed by atoms with Crippen LogP contribution in [0.1, 0.15) is 11.1 Å². The van der Waals surface area contributed by atoms with Gasteiger partial charge < -0.3 is 10.1 Å². The van der Waals surface area contributed by atoms with E-state index in [9.17, 15) is 9.18 Å². The van der Waals surface area contributed by atoms with Gasteiger partial charge in [-0.3, -0.25) is 4.79 Å². The van der Waals surface area contributed by atoms with Crippen LogP contribution in [-0.2, 0) is 17.8 Å². The molecule has 0 saturated carbocycles. The number of fused-ring (bicyclic) bond motifs is 1. The molecule has 1 amide bonds. The van der Waals surface area contributed by atoms with Gasteiger partial charge in [0.25, 0.3) is 0 Å². The Morgan fingerprint density at radius 3 is 2.82 bits per heavy atom.